The van der Waals surface area contributed by atoms with E-state index in [4.69, 9.17) is 16.8 Å². The molecule has 3 aromatic rings. The molecule has 1 aliphatic rings. The number of aromatic nitrogens is 3. The number of piperidine rings is 1. The van der Waals surface area contributed by atoms with Crippen molar-refractivity contribution in [2.75, 3.05) is 17.7 Å². The van der Waals surface area contributed by atoms with Gasteiger partial charge < -0.3 is 22.2 Å². The van der Waals surface area contributed by atoms with Crippen LogP contribution in [-0.2, 0) is 0 Å². The van der Waals surface area contributed by atoms with Gasteiger partial charge >= 0.3 is 0 Å². The SMILES string of the molecule is N#Cc1ccnc(NC(=O)c2ccc(-c3nc([C@@H]4CCCCN4)n(N)c3C(N)=O)cc2)c1. The molecular formula is C22H22N8O2. The zero-order chi connectivity index (χ0) is 22.7. The van der Waals surface area contributed by atoms with Gasteiger partial charge in [-0.05, 0) is 43.7 Å². The Hall–Kier alpha value is -4.23. The number of carbonyl (C=O) groups excluding carboxylic acids is 2. The number of nitriles is 1. The van der Waals surface area contributed by atoms with Crippen molar-refractivity contribution in [2.45, 2.75) is 25.3 Å². The molecule has 3 heterocycles. The molecule has 2 amide bonds. The third-order valence-corrected chi connectivity index (χ3v) is 5.34. The quantitative estimate of drug-likeness (QED) is 0.447. The Morgan fingerprint density at radius 3 is 2.66 bits per heavy atom. The fourth-order valence-electron chi connectivity index (χ4n) is 3.74. The summed E-state index contributed by atoms with van der Waals surface area (Å²) >= 11 is 0. The van der Waals surface area contributed by atoms with Crippen LogP contribution in [-0.4, -0.2) is 33.0 Å². The second-order valence-corrected chi connectivity index (χ2v) is 7.48. The number of rotatable bonds is 5. The van der Waals surface area contributed by atoms with E-state index >= 15 is 0 Å². The maximum Gasteiger partial charge on any atom is 0.269 e. The van der Waals surface area contributed by atoms with Crippen molar-refractivity contribution >= 4 is 17.6 Å². The Bertz CT molecular complexity index is 1200. The van der Waals surface area contributed by atoms with Gasteiger partial charge in [-0.2, -0.15) is 5.26 Å². The Morgan fingerprint density at radius 2 is 2.00 bits per heavy atom. The highest BCUT2D eigenvalue weighted by Gasteiger charge is 2.27. The van der Waals surface area contributed by atoms with Crippen LogP contribution >= 0.6 is 0 Å². The molecule has 0 unspecified atom stereocenters. The van der Waals surface area contributed by atoms with E-state index in [-0.39, 0.29) is 23.5 Å². The first-order valence-electron chi connectivity index (χ1n) is 10.2. The second-order valence-electron chi connectivity index (χ2n) is 7.48. The van der Waals surface area contributed by atoms with E-state index in [2.05, 4.69) is 20.6 Å². The molecule has 162 valence electrons. The van der Waals surface area contributed by atoms with Gasteiger partial charge in [0.1, 0.15) is 17.3 Å². The van der Waals surface area contributed by atoms with Crippen molar-refractivity contribution in [3.8, 4) is 17.3 Å². The second kappa shape index (κ2) is 8.87. The average Bonchev–Trinajstić information content (AvgIpc) is 3.17. The molecule has 0 spiro atoms. The molecule has 6 N–H and O–H groups in total. The van der Waals surface area contributed by atoms with Crippen molar-refractivity contribution in [3.63, 3.8) is 0 Å². The van der Waals surface area contributed by atoms with Gasteiger partial charge in [-0.25, -0.2) is 14.6 Å². The number of nitrogens with one attached hydrogen (secondary N) is 2. The van der Waals surface area contributed by atoms with E-state index in [1.807, 2.05) is 6.07 Å². The van der Waals surface area contributed by atoms with Crippen LogP contribution in [0.2, 0.25) is 0 Å². The summed E-state index contributed by atoms with van der Waals surface area (Å²) in [5.41, 5.74) is 7.46. The molecular weight excluding hydrogens is 408 g/mol. The maximum atomic E-state index is 12.5. The number of pyridine rings is 1. The van der Waals surface area contributed by atoms with Crippen molar-refractivity contribution in [3.05, 3.63) is 65.2 Å². The Labute approximate surface area is 184 Å². The minimum Gasteiger partial charge on any atom is -0.364 e. The van der Waals surface area contributed by atoms with Gasteiger partial charge in [0.05, 0.1) is 17.7 Å². The van der Waals surface area contributed by atoms with Crippen molar-refractivity contribution in [2.24, 2.45) is 5.73 Å². The third kappa shape index (κ3) is 4.14. The summed E-state index contributed by atoms with van der Waals surface area (Å²) < 4.78 is 1.26. The van der Waals surface area contributed by atoms with E-state index in [1.165, 1.54) is 16.9 Å². The molecule has 1 aliphatic heterocycles. The highest BCUT2D eigenvalue weighted by molar-refractivity contribution is 6.04. The molecule has 10 nitrogen and oxygen atoms in total. The zero-order valence-electron chi connectivity index (χ0n) is 17.2. The fourth-order valence-corrected chi connectivity index (χ4v) is 3.74. The number of hydrogen-bond donors (Lipinski definition) is 4. The fraction of sp³-hybridized carbons (Fsp3) is 0.227. The predicted octanol–water partition coefficient (Wildman–Crippen LogP) is 1.70. The molecule has 1 aromatic carbocycles. The number of nitrogens with two attached hydrogens (primary N) is 2. The topological polar surface area (TPSA) is 165 Å². The van der Waals surface area contributed by atoms with Gasteiger partial charge in [0.25, 0.3) is 11.8 Å². The van der Waals surface area contributed by atoms with Gasteiger partial charge in [-0.1, -0.05) is 18.6 Å². The lowest BCUT2D eigenvalue weighted by molar-refractivity contribution is 0.0991. The number of primary amides is 1. The lowest BCUT2D eigenvalue weighted by atomic mass is 10.0. The average molecular weight is 430 g/mol. The number of benzene rings is 1. The highest BCUT2D eigenvalue weighted by Crippen LogP contribution is 2.29. The van der Waals surface area contributed by atoms with Gasteiger partial charge in [0.15, 0.2) is 5.69 Å². The zero-order valence-corrected chi connectivity index (χ0v) is 17.2. The molecule has 1 atom stereocenters. The van der Waals surface area contributed by atoms with Crippen molar-refractivity contribution in [1.29, 1.82) is 5.26 Å². The number of imidazole rings is 1. The molecule has 1 saturated heterocycles. The Morgan fingerprint density at radius 1 is 1.22 bits per heavy atom. The number of nitrogen functional groups attached to an aromatic ring is 1. The van der Waals surface area contributed by atoms with E-state index < -0.39 is 5.91 Å². The number of nitrogens with zero attached hydrogens (tertiary/aromatic N) is 4. The van der Waals surface area contributed by atoms with E-state index in [0.717, 1.165) is 25.8 Å². The van der Waals surface area contributed by atoms with Crippen LogP contribution in [0.3, 0.4) is 0 Å². The van der Waals surface area contributed by atoms with Crippen LogP contribution in [0, 0.1) is 11.3 Å². The first-order valence-corrected chi connectivity index (χ1v) is 10.2. The highest BCUT2D eigenvalue weighted by atomic mass is 16.2. The smallest absolute Gasteiger partial charge is 0.269 e. The summed E-state index contributed by atoms with van der Waals surface area (Å²) in [6.45, 7) is 0.856. The monoisotopic (exact) mass is 430 g/mol. The number of amides is 2. The first-order chi connectivity index (χ1) is 15.5. The summed E-state index contributed by atoms with van der Waals surface area (Å²) in [5.74, 6) is 5.95. The summed E-state index contributed by atoms with van der Waals surface area (Å²) in [6, 6.07) is 11.6. The molecule has 0 bridgehead atoms. The van der Waals surface area contributed by atoms with Crippen LogP contribution in [0.4, 0.5) is 5.82 Å². The third-order valence-electron chi connectivity index (χ3n) is 5.34. The van der Waals surface area contributed by atoms with Gasteiger partial charge in [-0.3, -0.25) is 9.59 Å². The van der Waals surface area contributed by atoms with Gasteiger partial charge in [0.2, 0.25) is 0 Å². The van der Waals surface area contributed by atoms with Crippen molar-refractivity contribution < 1.29 is 9.59 Å². The number of carbonyl (C=O) groups is 2. The molecule has 0 saturated carbocycles. The molecule has 0 aliphatic carbocycles. The molecule has 10 heteroatoms. The molecule has 0 radical (unpaired) electrons. The minimum absolute atomic E-state index is 0.0534. The predicted molar refractivity (Wildman–Crippen MR) is 118 cm³/mol. The maximum absolute atomic E-state index is 12.5. The van der Waals surface area contributed by atoms with Gasteiger partial charge in [-0.15, -0.1) is 0 Å². The number of hydrogen-bond acceptors (Lipinski definition) is 7. The standard InChI is InChI=1S/C22H22N8O2/c23-12-13-8-10-27-17(11-13)28-22(32)15-6-4-14(5-7-15)18-19(20(24)31)30(25)21(29-18)16-3-1-2-9-26-16/h4-8,10-11,16,26H,1-3,9,25H2,(H2,24,31)(H,27,28,32)/t16-/m0/s1. The first kappa shape index (κ1) is 21.0. The lowest BCUT2D eigenvalue weighted by Crippen LogP contribution is -2.32. The largest absolute Gasteiger partial charge is 0.364 e. The van der Waals surface area contributed by atoms with Crippen LogP contribution in [0.5, 0.6) is 0 Å². The summed E-state index contributed by atoms with van der Waals surface area (Å²) in [4.78, 5) is 33.3. The van der Waals surface area contributed by atoms with Crippen molar-refractivity contribution in [1.82, 2.24) is 20.0 Å². The van der Waals surface area contributed by atoms with Crippen LogP contribution in [0.15, 0.2) is 42.6 Å². The van der Waals surface area contributed by atoms with Crippen LogP contribution in [0.1, 0.15) is 57.5 Å². The summed E-state index contributed by atoms with van der Waals surface area (Å²) in [5, 5.41) is 15.0. The van der Waals surface area contributed by atoms with E-state index in [1.54, 1.807) is 30.3 Å². The summed E-state index contributed by atoms with van der Waals surface area (Å²) in [7, 11) is 0. The molecule has 32 heavy (non-hydrogen) atoms. The van der Waals surface area contributed by atoms with Gasteiger partial charge in [0, 0.05) is 17.3 Å². The van der Waals surface area contributed by atoms with Crippen LogP contribution < -0.4 is 22.2 Å². The number of anilines is 1. The molecule has 2 aromatic heterocycles. The van der Waals surface area contributed by atoms with Crippen LogP contribution in [0.25, 0.3) is 11.3 Å². The van der Waals surface area contributed by atoms with E-state index in [9.17, 15) is 9.59 Å². The minimum atomic E-state index is -0.678. The molecule has 1 fully saturated rings. The normalized spacial score (nSPS) is 15.7. The summed E-state index contributed by atoms with van der Waals surface area (Å²) in [6.07, 6.45) is 4.44. The molecule has 4 rings (SSSR count). The Balaban J connectivity index is 1.60. The lowest BCUT2D eigenvalue weighted by Gasteiger charge is -2.22. The Kier molecular flexibility index (Phi) is 5.83. The van der Waals surface area contributed by atoms with E-state index in [0.29, 0.717) is 28.2 Å².